The van der Waals surface area contributed by atoms with Crippen molar-refractivity contribution in [2.45, 2.75) is 20.4 Å². The molecule has 0 spiro atoms. The molecule has 2 heterocycles. The van der Waals surface area contributed by atoms with Gasteiger partial charge in [0.15, 0.2) is 0 Å². The van der Waals surface area contributed by atoms with Crippen LogP contribution in [-0.4, -0.2) is 16.5 Å². The van der Waals surface area contributed by atoms with E-state index in [-0.39, 0.29) is 11.5 Å². The lowest BCUT2D eigenvalue weighted by molar-refractivity contribution is -0.384. The summed E-state index contributed by atoms with van der Waals surface area (Å²) in [6.45, 7) is 4.82. The summed E-state index contributed by atoms with van der Waals surface area (Å²) >= 11 is 0. The largest absolute Gasteiger partial charge is 0.465 e. The van der Waals surface area contributed by atoms with Crippen molar-refractivity contribution in [1.82, 2.24) is 4.98 Å². The van der Waals surface area contributed by atoms with Crippen LogP contribution in [0.4, 0.5) is 17.3 Å². The summed E-state index contributed by atoms with van der Waals surface area (Å²) in [5.41, 5.74) is -0.0602. The number of nitro groups is 1. The number of aryl methyl sites for hydroxylation is 1. The molecule has 2 rings (SSSR count). The molecule has 0 saturated carbocycles. The van der Waals surface area contributed by atoms with Gasteiger partial charge >= 0.3 is 5.69 Å². The molecule has 0 fully saturated rings. The Hall–Kier alpha value is -2.57. The lowest BCUT2D eigenvalue weighted by atomic mass is 10.3. The Balaban J connectivity index is 2.18. The molecule has 0 aliphatic rings. The quantitative estimate of drug-likeness (QED) is 0.622. The standard InChI is InChI=1S/C13H16N4O3/c1-3-14-12-7-6-11(17(18)19)13(16-12)15-8-10-5-4-9(2)20-10/h4-7H,3,8H2,1-2H3,(H2,14,15,16). The Morgan fingerprint density at radius 1 is 1.30 bits per heavy atom. The summed E-state index contributed by atoms with van der Waals surface area (Å²) in [6.07, 6.45) is 0. The second-order valence-electron chi connectivity index (χ2n) is 4.22. The van der Waals surface area contributed by atoms with Crippen molar-refractivity contribution in [3.63, 3.8) is 0 Å². The Morgan fingerprint density at radius 2 is 2.10 bits per heavy atom. The van der Waals surface area contributed by atoms with E-state index in [1.54, 1.807) is 6.07 Å². The molecular weight excluding hydrogens is 260 g/mol. The minimum Gasteiger partial charge on any atom is -0.465 e. The van der Waals surface area contributed by atoms with Crippen LogP contribution in [0.5, 0.6) is 0 Å². The molecule has 0 bridgehead atoms. The third-order valence-corrected chi connectivity index (χ3v) is 2.65. The molecule has 0 aliphatic heterocycles. The van der Waals surface area contributed by atoms with Crippen molar-refractivity contribution in [3.8, 4) is 0 Å². The Labute approximate surface area is 116 Å². The number of aromatic nitrogens is 1. The number of anilines is 2. The highest BCUT2D eigenvalue weighted by Crippen LogP contribution is 2.24. The molecule has 7 nitrogen and oxygen atoms in total. The van der Waals surface area contributed by atoms with Crippen LogP contribution in [0.1, 0.15) is 18.4 Å². The molecule has 2 N–H and O–H groups in total. The van der Waals surface area contributed by atoms with E-state index >= 15 is 0 Å². The Morgan fingerprint density at radius 3 is 2.70 bits per heavy atom. The molecule has 0 amide bonds. The van der Waals surface area contributed by atoms with E-state index in [1.807, 2.05) is 26.0 Å². The highest BCUT2D eigenvalue weighted by atomic mass is 16.6. The first-order valence-electron chi connectivity index (χ1n) is 6.28. The molecule has 106 valence electrons. The summed E-state index contributed by atoms with van der Waals surface area (Å²) in [6, 6.07) is 6.68. The molecule has 7 heteroatoms. The van der Waals surface area contributed by atoms with Gasteiger partial charge in [-0.05, 0) is 32.0 Å². The van der Waals surface area contributed by atoms with Gasteiger partial charge in [-0.1, -0.05) is 0 Å². The van der Waals surface area contributed by atoms with Gasteiger partial charge in [0.1, 0.15) is 17.3 Å². The number of hydrogen-bond donors (Lipinski definition) is 2. The van der Waals surface area contributed by atoms with Gasteiger partial charge in [-0.25, -0.2) is 4.98 Å². The summed E-state index contributed by atoms with van der Waals surface area (Å²) in [5, 5.41) is 16.9. The molecule has 2 aromatic rings. The zero-order valence-electron chi connectivity index (χ0n) is 11.3. The van der Waals surface area contributed by atoms with Crippen LogP contribution in [-0.2, 0) is 6.54 Å². The zero-order valence-corrected chi connectivity index (χ0v) is 11.3. The van der Waals surface area contributed by atoms with Crippen LogP contribution in [0.25, 0.3) is 0 Å². The predicted molar refractivity (Wildman–Crippen MR) is 75.8 cm³/mol. The van der Waals surface area contributed by atoms with E-state index in [4.69, 9.17) is 4.42 Å². The highest BCUT2D eigenvalue weighted by Gasteiger charge is 2.16. The van der Waals surface area contributed by atoms with Crippen molar-refractivity contribution < 1.29 is 9.34 Å². The maximum Gasteiger partial charge on any atom is 0.311 e. The first-order valence-corrected chi connectivity index (χ1v) is 6.28. The van der Waals surface area contributed by atoms with E-state index in [2.05, 4.69) is 15.6 Å². The molecule has 0 aliphatic carbocycles. The van der Waals surface area contributed by atoms with E-state index in [1.165, 1.54) is 6.07 Å². The van der Waals surface area contributed by atoms with Crippen LogP contribution in [0.2, 0.25) is 0 Å². The third kappa shape index (κ3) is 3.25. The predicted octanol–water partition coefficient (Wildman–Crippen LogP) is 2.94. The first kappa shape index (κ1) is 13.9. The molecule has 0 atom stereocenters. The first-order chi connectivity index (χ1) is 9.60. The minimum atomic E-state index is -0.460. The Bertz CT molecular complexity index is 609. The van der Waals surface area contributed by atoms with Gasteiger partial charge in [-0.2, -0.15) is 0 Å². The lowest BCUT2D eigenvalue weighted by Gasteiger charge is -2.07. The second kappa shape index (κ2) is 6.05. The SMILES string of the molecule is CCNc1ccc([N+](=O)[O-])c(NCc2ccc(C)o2)n1. The molecule has 0 saturated heterocycles. The van der Waals surface area contributed by atoms with Crippen molar-refractivity contribution >= 4 is 17.3 Å². The Kier molecular flexibility index (Phi) is 4.19. The lowest BCUT2D eigenvalue weighted by Crippen LogP contribution is -2.07. The van der Waals surface area contributed by atoms with Gasteiger partial charge in [0, 0.05) is 12.6 Å². The van der Waals surface area contributed by atoms with E-state index in [0.717, 1.165) is 5.76 Å². The normalized spacial score (nSPS) is 10.3. The van der Waals surface area contributed by atoms with Gasteiger partial charge in [-0.15, -0.1) is 0 Å². The van der Waals surface area contributed by atoms with Crippen LogP contribution in [0.15, 0.2) is 28.7 Å². The highest BCUT2D eigenvalue weighted by molar-refractivity contribution is 5.60. The average molecular weight is 276 g/mol. The maximum absolute atomic E-state index is 11.0. The molecule has 0 unspecified atom stereocenters. The summed E-state index contributed by atoms with van der Waals surface area (Å²) in [4.78, 5) is 14.7. The van der Waals surface area contributed by atoms with Gasteiger partial charge in [0.05, 0.1) is 11.5 Å². The van der Waals surface area contributed by atoms with Gasteiger partial charge in [-0.3, -0.25) is 10.1 Å². The van der Waals surface area contributed by atoms with Crippen LogP contribution < -0.4 is 10.6 Å². The smallest absolute Gasteiger partial charge is 0.311 e. The molecule has 20 heavy (non-hydrogen) atoms. The van der Waals surface area contributed by atoms with Crippen LogP contribution in [0, 0.1) is 17.0 Å². The summed E-state index contributed by atoms with van der Waals surface area (Å²) in [7, 11) is 0. The van der Waals surface area contributed by atoms with Crippen LogP contribution >= 0.6 is 0 Å². The molecule has 0 aromatic carbocycles. The minimum absolute atomic E-state index is 0.0602. The number of nitrogens with one attached hydrogen (secondary N) is 2. The zero-order chi connectivity index (χ0) is 14.5. The van der Waals surface area contributed by atoms with Gasteiger partial charge < -0.3 is 15.1 Å². The molecular formula is C13H16N4O3. The third-order valence-electron chi connectivity index (χ3n) is 2.65. The fourth-order valence-corrected chi connectivity index (χ4v) is 1.76. The van der Waals surface area contributed by atoms with Crippen molar-refractivity contribution in [3.05, 3.63) is 45.9 Å². The fraction of sp³-hybridized carbons (Fsp3) is 0.308. The van der Waals surface area contributed by atoms with Gasteiger partial charge in [0.2, 0.25) is 5.82 Å². The monoisotopic (exact) mass is 276 g/mol. The fourth-order valence-electron chi connectivity index (χ4n) is 1.76. The molecule has 0 radical (unpaired) electrons. The summed E-state index contributed by atoms with van der Waals surface area (Å²) < 4.78 is 5.41. The van der Waals surface area contributed by atoms with Crippen molar-refractivity contribution in [2.75, 3.05) is 17.2 Å². The van der Waals surface area contributed by atoms with Crippen molar-refractivity contribution in [1.29, 1.82) is 0 Å². The second-order valence-corrected chi connectivity index (χ2v) is 4.22. The van der Waals surface area contributed by atoms with E-state index < -0.39 is 4.92 Å². The maximum atomic E-state index is 11.0. The number of rotatable bonds is 6. The van der Waals surface area contributed by atoms with E-state index in [9.17, 15) is 10.1 Å². The van der Waals surface area contributed by atoms with Crippen molar-refractivity contribution in [2.24, 2.45) is 0 Å². The average Bonchev–Trinajstić information content (AvgIpc) is 2.82. The number of pyridine rings is 1. The molecule has 2 aromatic heterocycles. The van der Waals surface area contributed by atoms with Crippen LogP contribution in [0.3, 0.4) is 0 Å². The number of nitrogens with zero attached hydrogens (tertiary/aromatic N) is 2. The summed E-state index contributed by atoms with van der Waals surface area (Å²) in [5.74, 6) is 2.32. The van der Waals surface area contributed by atoms with Gasteiger partial charge in [0.25, 0.3) is 0 Å². The number of hydrogen-bond acceptors (Lipinski definition) is 6. The number of furan rings is 1. The topological polar surface area (TPSA) is 93.2 Å². The van der Waals surface area contributed by atoms with E-state index in [0.29, 0.717) is 24.7 Å².